The molecule has 1 unspecified atom stereocenters. The lowest BCUT2D eigenvalue weighted by molar-refractivity contribution is -0.127. The van der Waals surface area contributed by atoms with Crippen molar-refractivity contribution in [3.05, 3.63) is 89.7 Å². The van der Waals surface area contributed by atoms with E-state index in [1.807, 2.05) is 30.3 Å². The summed E-state index contributed by atoms with van der Waals surface area (Å²) < 4.78 is 5.32. The van der Waals surface area contributed by atoms with Crippen LogP contribution in [0.2, 0.25) is 0 Å². The fraction of sp³-hybridized carbons (Fsp3) is 0.259. The maximum atomic E-state index is 13.7. The van der Waals surface area contributed by atoms with E-state index in [1.165, 1.54) is 11.1 Å². The lowest BCUT2D eigenvalue weighted by atomic mass is 9.90. The van der Waals surface area contributed by atoms with Crippen LogP contribution in [-0.4, -0.2) is 46.4 Å². The summed E-state index contributed by atoms with van der Waals surface area (Å²) in [7, 11) is 0. The first-order valence-corrected chi connectivity index (χ1v) is 11.5. The highest BCUT2D eigenvalue weighted by atomic mass is 16.5. The number of ether oxygens (including phenoxy) is 1. The normalized spacial score (nSPS) is 15.4. The van der Waals surface area contributed by atoms with Crippen LogP contribution < -0.4 is 10.2 Å². The number of para-hydroxylation sites is 1. The molecule has 3 aromatic rings. The third-order valence-electron chi connectivity index (χ3n) is 5.63. The van der Waals surface area contributed by atoms with Gasteiger partial charge in [0.25, 0.3) is 5.91 Å². The van der Waals surface area contributed by atoms with Crippen LogP contribution in [0.4, 0.5) is 10.5 Å². The predicted molar refractivity (Wildman–Crippen MR) is 134 cm³/mol. The maximum Gasteiger partial charge on any atom is 0.409 e. The number of anilines is 1. The molecule has 2 heterocycles. The summed E-state index contributed by atoms with van der Waals surface area (Å²) in [5.74, 6) is -0.699. The SMILES string of the molecule is CC(C)(C)C(=O)CN1C(=O)C(NC(=O)OCc2ccccc2)N=C(c2cccnn2)c2ccccc21. The second-order valence-corrected chi connectivity index (χ2v) is 9.31. The number of alkyl carbamates (subject to hydrolysis) is 1. The van der Waals surface area contributed by atoms with E-state index in [2.05, 4.69) is 20.5 Å². The van der Waals surface area contributed by atoms with Gasteiger partial charge in [0, 0.05) is 17.2 Å². The number of nitrogens with one attached hydrogen (secondary N) is 1. The zero-order valence-electron chi connectivity index (χ0n) is 20.3. The van der Waals surface area contributed by atoms with E-state index in [0.29, 0.717) is 22.7 Å². The molecule has 1 aliphatic heterocycles. The van der Waals surface area contributed by atoms with Crippen LogP contribution in [0.15, 0.2) is 77.9 Å². The zero-order chi connectivity index (χ0) is 25.7. The molecule has 0 radical (unpaired) electrons. The fourth-order valence-corrected chi connectivity index (χ4v) is 3.58. The van der Waals surface area contributed by atoms with Crippen LogP contribution in [0.25, 0.3) is 0 Å². The lowest BCUT2D eigenvalue weighted by Crippen LogP contribution is -2.50. The van der Waals surface area contributed by atoms with Gasteiger partial charge >= 0.3 is 6.09 Å². The van der Waals surface area contributed by atoms with Crippen molar-refractivity contribution >= 4 is 29.2 Å². The van der Waals surface area contributed by atoms with Crippen molar-refractivity contribution in [1.82, 2.24) is 15.5 Å². The molecule has 1 aliphatic rings. The van der Waals surface area contributed by atoms with Crippen LogP contribution >= 0.6 is 0 Å². The molecule has 2 amide bonds. The average molecular weight is 486 g/mol. The highest BCUT2D eigenvalue weighted by Gasteiger charge is 2.36. The molecule has 2 aromatic carbocycles. The first-order valence-electron chi connectivity index (χ1n) is 11.5. The van der Waals surface area contributed by atoms with E-state index in [0.717, 1.165) is 5.56 Å². The Labute approximate surface area is 209 Å². The zero-order valence-corrected chi connectivity index (χ0v) is 20.3. The van der Waals surface area contributed by atoms with Crippen LogP contribution in [0.1, 0.15) is 37.6 Å². The molecule has 36 heavy (non-hydrogen) atoms. The van der Waals surface area contributed by atoms with Gasteiger partial charge < -0.3 is 9.64 Å². The number of fused-ring (bicyclic) bond motifs is 1. The molecule has 0 saturated carbocycles. The largest absolute Gasteiger partial charge is 0.445 e. The summed E-state index contributed by atoms with van der Waals surface area (Å²) in [6, 6.07) is 19.7. The number of hydrogen-bond donors (Lipinski definition) is 1. The number of carbonyl (C=O) groups excluding carboxylic acids is 3. The van der Waals surface area contributed by atoms with Gasteiger partial charge in [-0.25, -0.2) is 9.79 Å². The van der Waals surface area contributed by atoms with E-state index in [9.17, 15) is 14.4 Å². The summed E-state index contributed by atoms with van der Waals surface area (Å²) in [5.41, 5.74) is 2.00. The van der Waals surface area contributed by atoms with Gasteiger partial charge in [-0.3, -0.25) is 14.9 Å². The van der Waals surface area contributed by atoms with Gasteiger partial charge in [0.2, 0.25) is 6.17 Å². The minimum Gasteiger partial charge on any atom is -0.445 e. The van der Waals surface area contributed by atoms with Gasteiger partial charge in [0.05, 0.1) is 17.9 Å². The lowest BCUT2D eigenvalue weighted by Gasteiger charge is -2.27. The Balaban J connectivity index is 1.70. The summed E-state index contributed by atoms with van der Waals surface area (Å²) >= 11 is 0. The van der Waals surface area contributed by atoms with Gasteiger partial charge in [0.1, 0.15) is 12.3 Å². The monoisotopic (exact) mass is 485 g/mol. The number of amides is 2. The summed E-state index contributed by atoms with van der Waals surface area (Å²) in [4.78, 5) is 45.3. The molecule has 1 N–H and O–H groups in total. The van der Waals surface area contributed by atoms with Gasteiger partial charge in [-0.1, -0.05) is 69.3 Å². The molecule has 0 saturated heterocycles. The smallest absolute Gasteiger partial charge is 0.409 e. The van der Waals surface area contributed by atoms with Crippen LogP contribution in [0, 0.1) is 5.41 Å². The molecule has 1 atom stereocenters. The second-order valence-electron chi connectivity index (χ2n) is 9.31. The predicted octanol–water partition coefficient (Wildman–Crippen LogP) is 3.53. The van der Waals surface area contributed by atoms with E-state index < -0.39 is 23.6 Å². The Morgan fingerprint density at radius 1 is 1.00 bits per heavy atom. The average Bonchev–Trinajstić information content (AvgIpc) is 2.99. The Morgan fingerprint density at radius 3 is 2.42 bits per heavy atom. The Morgan fingerprint density at radius 2 is 1.72 bits per heavy atom. The molecule has 9 heteroatoms. The molecule has 4 rings (SSSR count). The molecular weight excluding hydrogens is 458 g/mol. The molecule has 0 fully saturated rings. The number of Topliss-reactive ketones (excluding diaryl/α,β-unsaturated/α-hetero) is 1. The van der Waals surface area contributed by atoms with Crippen molar-refractivity contribution in [2.75, 3.05) is 11.4 Å². The van der Waals surface area contributed by atoms with Gasteiger partial charge in [-0.05, 0) is 23.8 Å². The summed E-state index contributed by atoms with van der Waals surface area (Å²) in [6.45, 7) is 5.23. The number of nitrogens with zero attached hydrogens (tertiary/aromatic N) is 4. The Hall–Kier alpha value is -4.40. The number of hydrogen-bond acceptors (Lipinski definition) is 7. The van der Waals surface area contributed by atoms with Crippen molar-refractivity contribution in [1.29, 1.82) is 0 Å². The quantitative estimate of drug-likeness (QED) is 0.571. The van der Waals surface area contributed by atoms with E-state index >= 15 is 0 Å². The van der Waals surface area contributed by atoms with Crippen LogP contribution in [-0.2, 0) is 20.9 Å². The number of rotatable bonds is 6. The molecule has 0 spiro atoms. The molecule has 1 aromatic heterocycles. The van der Waals surface area contributed by atoms with Crippen molar-refractivity contribution in [2.45, 2.75) is 33.5 Å². The molecular formula is C27H27N5O4. The number of benzene rings is 2. The standard InChI is InChI=1S/C27H27N5O4/c1-27(2,3)22(33)16-32-21-14-8-7-12-19(21)23(20-13-9-15-28-31-20)29-24(25(32)34)30-26(35)36-17-18-10-5-4-6-11-18/h4-15,24H,16-17H2,1-3H3,(H,30,35). The van der Waals surface area contributed by atoms with Crippen molar-refractivity contribution in [3.8, 4) is 0 Å². The maximum absolute atomic E-state index is 13.7. The van der Waals surface area contributed by atoms with E-state index in [-0.39, 0.29) is 18.9 Å². The van der Waals surface area contributed by atoms with E-state index in [1.54, 1.807) is 57.2 Å². The first kappa shape index (κ1) is 24.7. The highest BCUT2D eigenvalue weighted by molar-refractivity contribution is 6.20. The minimum atomic E-state index is -1.34. The fourth-order valence-electron chi connectivity index (χ4n) is 3.58. The summed E-state index contributed by atoms with van der Waals surface area (Å²) in [6.07, 6.45) is -0.624. The number of carbonyl (C=O) groups is 3. The van der Waals surface area contributed by atoms with Gasteiger partial charge in [-0.15, -0.1) is 5.10 Å². The second kappa shape index (κ2) is 10.5. The van der Waals surface area contributed by atoms with Gasteiger partial charge in [0.15, 0.2) is 5.78 Å². The van der Waals surface area contributed by atoms with Crippen molar-refractivity contribution in [2.24, 2.45) is 10.4 Å². The van der Waals surface area contributed by atoms with Gasteiger partial charge in [-0.2, -0.15) is 5.10 Å². The Bertz CT molecular complexity index is 1290. The third kappa shape index (κ3) is 5.63. The topological polar surface area (TPSA) is 114 Å². The van der Waals surface area contributed by atoms with E-state index in [4.69, 9.17) is 4.74 Å². The summed E-state index contributed by atoms with van der Waals surface area (Å²) in [5, 5.41) is 10.7. The molecule has 0 aliphatic carbocycles. The number of ketones is 1. The number of aliphatic imine (C=N–C) groups is 1. The first-order chi connectivity index (χ1) is 17.2. The Kier molecular flexibility index (Phi) is 7.19. The van der Waals surface area contributed by atoms with Crippen molar-refractivity contribution < 1.29 is 19.1 Å². The van der Waals surface area contributed by atoms with Crippen molar-refractivity contribution in [3.63, 3.8) is 0 Å². The molecule has 0 bridgehead atoms. The van der Waals surface area contributed by atoms with Crippen LogP contribution in [0.5, 0.6) is 0 Å². The van der Waals surface area contributed by atoms with Crippen LogP contribution in [0.3, 0.4) is 0 Å². The number of aromatic nitrogens is 2. The molecule has 184 valence electrons. The third-order valence-corrected chi connectivity index (χ3v) is 5.63. The molecule has 9 nitrogen and oxygen atoms in total. The number of benzodiazepines with no additional fused rings is 1. The highest BCUT2D eigenvalue weighted by Crippen LogP contribution is 2.29. The minimum absolute atomic E-state index is 0.0285.